The van der Waals surface area contributed by atoms with Gasteiger partial charge in [0.2, 0.25) is 0 Å². The smallest absolute Gasteiger partial charge is 0.0177 e. The van der Waals surface area contributed by atoms with Crippen LogP contribution in [0.5, 0.6) is 0 Å². The average Bonchev–Trinajstić information content (AvgIpc) is 2.25. The van der Waals surface area contributed by atoms with Crippen molar-refractivity contribution in [2.45, 2.75) is 39.7 Å². The molecule has 90 valence electrons. The van der Waals surface area contributed by atoms with Crippen LogP contribution in [0.2, 0.25) is 0 Å². The maximum absolute atomic E-state index is 3.56. The minimum Gasteiger partial charge on any atom is -0.314 e. The summed E-state index contributed by atoms with van der Waals surface area (Å²) in [6.07, 6.45) is 2.34. The van der Waals surface area contributed by atoms with Gasteiger partial charge in [0.1, 0.15) is 0 Å². The second kappa shape index (κ2) is 7.08. The second-order valence-electron chi connectivity index (χ2n) is 4.38. The summed E-state index contributed by atoms with van der Waals surface area (Å²) in [7, 11) is 0. The first-order chi connectivity index (χ1) is 7.67. The van der Waals surface area contributed by atoms with Crippen LogP contribution in [0.25, 0.3) is 0 Å². The fraction of sp³-hybridized carbons (Fsp3) is 0.571. The molecule has 2 heteroatoms. The number of halogens is 1. The zero-order valence-electron chi connectivity index (χ0n) is 10.5. The molecule has 1 nitrogen and oxygen atoms in total. The summed E-state index contributed by atoms with van der Waals surface area (Å²) < 4.78 is 1.17. The first-order valence-electron chi connectivity index (χ1n) is 6.15. The third kappa shape index (κ3) is 4.26. The lowest BCUT2D eigenvalue weighted by Crippen LogP contribution is -2.35. The van der Waals surface area contributed by atoms with Gasteiger partial charge in [0.25, 0.3) is 0 Å². The molecule has 0 bridgehead atoms. The lowest BCUT2D eigenvalue weighted by Gasteiger charge is -2.23. The van der Waals surface area contributed by atoms with Gasteiger partial charge < -0.3 is 5.32 Å². The Morgan fingerprint density at radius 2 is 2.06 bits per heavy atom. The molecule has 1 N–H and O–H groups in total. The Kier molecular flexibility index (Phi) is 6.07. The van der Waals surface area contributed by atoms with E-state index in [2.05, 4.69) is 66.3 Å². The molecule has 0 heterocycles. The molecule has 2 atom stereocenters. The molecule has 0 saturated carbocycles. The minimum atomic E-state index is 0.629. The van der Waals surface area contributed by atoms with Crippen LogP contribution in [0.1, 0.15) is 32.8 Å². The van der Waals surface area contributed by atoms with Gasteiger partial charge in [-0.15, -0.1) is 0 Å². The summed E-state index contributed by atoms with van der Waals surface area (Å²) in [6.45, 7) is 7.82. The predicted octanol–water partition coefficient (Wildman–Crippen LogP) is 4.02. The number of hydrogen-bond donors (Lipinski definition) is 1. The fourth-order valence-corrected chi connectivity index (χ4v) is 2.63. The second-order valence-corrected chi connectivity index (χ2v) is 5.30. The lowest BCUT2D eigenvalue weighted by molar-refractivity contribution is 0.371. The Morgan fingerprint density at radius 3 is 2.62 bits per heavy atom. The van der Waals surface area contributed by atoms with E-state index in [1.165, 1.54) is 16.5 Å². The van der Waals surface area contributed by atoms with Crippen LogP contribution >= 0.6 is 15.9 Å². The van der Waals surface area contributed by atoms with E-state index in [1.54, 1.807) is 0 Å². The van der Waals surface area contributed by atoms with Crippen molar-refractivity contribution >= 4 is 15.9 Å². The molecular weight excluding hydrogens is 262 g/mol. The highest BCUT2D eigenvalue weighted by Gasteiger charge is 2.14. The van der Waals surface area contributed by atoms with E-state index in [0.29, 0.717) is 12.0 Å². The Balaban J connectivity index is 2.58. The molecule has 1 aromatic carbocycles. The van der Waals surface area contributed by atoms with E-state index in [0.717, 1.165) is 13.0 Å². The van der Waals surface area contributed by atoms with Gasteiger partial charge >= 0.3 is 0 Å². The first kappa shape index (κ1) is 13.7. The van der Waals surface area contributed by atoms with Crippen molar-refractivity contribution < 1.29 is 0 Å². The van der Waals surface area contributed by atoms with E-state index in [1.807, 2.05) is 0 Å². The molecule has 0 aromatic heterocycles. The van der Waals surface area contributed by atoms with Crippen LogP contribution in [-0.4, -0.2) is 12.6 Å². The Bertz CT molecular complexity index is 311. The van der Waals surface area contributed by atoms with Crippen molar-refractivity contribution in [3.8, 4) is 0 Å². The summed E-state index contributed by atoms with van der Waals surface area (Å²) in [5.41, 5.74) is 1.42. The topological polar surface area (TPSA) is 12.0 Å². The highest BCUT2D eigenvalue weighted by atomic mass is 79.9. The number of rotatable bonds is 6. The number of nitrogens with one attached hydrogen (secondary N) is 1. The Morgan fingerprint density at radius 1 is 1.31 bits per heavy atom. The van der Waals surface area contributed by atoms with E-state index in [4.69, 9.17) is 0 Å². The van der Waals surface area contributed by atoms with Crippen LogP contribution in [0.4, 0.5) is 0 Å². The van der Waals surface area contributed by atoms with E-state index in [9.17, 15) is 0 Å². The first-order valence-corrected chi connectivity index (χ1v) is 6.94. The van der Waals surface area contributed by atoms with Crippen LogP contribution < -0.4 is 5.32 Å². The molecule has 0 aliphatic heterocycles. The highest BCUT2D eigenvalue weighted by Crippen LogP contribution is 2.17. The quantitative estimate of drug-likeness (QED) is 0.832. The van der Waals surface area contributed by atoms with Gasteiger partial charge in [0.05, 0.1) is 0 Å². The molecule has 0 aliphatic carbocycles. The minimum absolute atomic E-state index is 0.629. The van der Waals surface area contributed by atoms with Crippen molar-refractivity contribution in [1.29, 1.82) is 0 Å². The summed E-state index contributed by atoms with van der Waals surface area (Å²) in [6, 6.07) is 9.24. The molecule has 2 unspecified atom stereocenters. The maximum Gasteiger partial charge on any atom is 0.0177 e. The SMILES string of the molecule is CCNC(CC)C(C)Cc1cccc(Br)c1. The van der Waals surface area contributed by atoms with Crippen LogP contribution in [-0.2, 0) is 6.42 Å². The normalized spacial score (nSPS) is 14.8. The molecular formula is C14H22BrN. The monoisotopic (exact) mass is 283 g/mol. The van der Waals surface area contributed by atoms with Crippen LogP contribution in [0.15, 0.2) is 28.7 Å². The number of hydrogen-bond acceptors (Lipinski definition) is 1. The van der Waals surface area contributed by atoms with Crippen molar-refractivity contribution in [1.82, 2.24) is 5.32 Å². The van der Waals surface area contributed by atoms with Crippen molar-refractivity contribution in [2.75, 3.05) is 6.54 Å². The lowest BCUT2D eigenvalue weighted by atomic mass is 9.92. The van der Waals surface area contributed by atoms with E-state index in [-0.39, 0.29) is 0 Å². The number of benzene rings is 1. The van der Waals surface area contributed by atoms with E-state index < -0.39 is 0 Å². The van der Waals surface area contributed by atoms with Gasteiger partial charge in [-0.3, -0.25) is 0 Å². The average molecular weight is 284 g/mol. The van der Waals surface area contributed by atoms with Gasteiger partial charge in [-0.05, 0) is 43.0 Å². The molecule has 1 aromatic rings. The third-order valence-corrected chi connectivity index (χ3v) is 3.53. The zero-order chi connectivity index (χ0) is 12.0. The standard InChI is InChI=1S/C14H22BrN/c1-4-14(16-5-2)11(3)9-12-7-6-8-13(15)10-12/h6-8,10-11,14,16H,4-5,9H2,1-3H3. The Labute approximate surface area is 108 Å². The van der Waals surface area contributed by atoms with Crippen molar-refractivity contribution in [3.63, 3.8) is 0 Å². The Hall–Kier alpha value is -0.340. The van der Waals surface area contributed by atoms with Crippen LogP contribution in [0, 0.1) is 5.92 Å². The molecule has 1 rings (SSSR count). The molecule has 0 saturated heterocycles. The predicted molar refractivity (Wildman–Crippen MR) is 74.8 cm³/mol. The van der Waals surface area contributed by atoms with Gasteiger partial charge in [-0.1, -0.05) is 48.8 Å². The zero-order valence-corrected chi connectivity index (χ0v) is 12.0. The molecule has 16 heavy (non-hydrogen) atoms. The summed E-state index contributed by atoms with van der Waals surface area (Å²) >= 11 is 3.52. The highest BCUT2D eigenvalue weighted by molar-refractivity contribution is 9.10. The molecule has 0 aliphatic rings. The summed E-state index contributed by atoms with van der Waals surface area (Å²) in [4.78, 5) is 0. The molecule has 0 radical (unpaired) electrons. The van der Waals surface area contributed by atoms with Gasteiger partial charge in [0.15, 0.2) is 0 Å². The summed E-state index contributed by atoms with van der Waals surface area (Å²) in [5, 5.41) is 3.56. The maximum atomic E-state index is 3.56. The van der Waals surface area contributed by atoms with Crippen molar-refractivity contribution in [3.05, 3.63) is 34.3 Å². The fourth-order valence-electron chi connectivity index (χ4n) is 2.19. The molecule has 0 amide bonds. The molecule has 0 fully saturated rings. The van der Waals surface area contributed by atoms with Gasteiger partial charge in [0, 0.05) is 10.5 Å². The molecule has 0 spiro atoms. The van der Waals surface area contributed by atoms with Gasteiger partial charge in [-0.25, -0.2) is 0 Å². The largest absolute Gasteiger partial charge is 0.314 e. The van der Waals surface area contributed by atoms with Crippen molar-refractivity contribution in [2.24, 2.45) is 5.92 Å². The van der Waals surface area contributed by atoms with E-state index >= 15 is 0 Å². The summed E-state index contributed by atoms with van der Waals surface area (Å²) in [5.74, 6) is 0.680. The van der Waals surface area contributed by atoms with Crippen LogP contribution in [0.3, 0.4) is 0 Å². The van der Waals surface area contributed by atoms with Gasteiger partial charge in [-0.2, -0.15) is 0 Å². The third-order valence-electron chi connectivity index (χ3n) is 3.04.